The van der Waals surface area contributed by atoms with Crippen LogP contribution in [-0.2, 0) is 4.79 Å². The first-order valence-electron chi connectivity index (χ1n) is 5.89. The normalized spacial score (nSPS) is 11.7. The molecule has 0 bridgehead atoms. The van der Waals surface area contributed by atoms with Gasteiger partial charge in [0.25, 0.3) is 5.69 Å². The number of aliphatic hydroxyl groups excluding tert-OH is 1. The van der Waals surface area contributed by atoms with E-state index in [4.69, 9.17) is 5.11 Å². The number of para-hydroxylation sites is 2. The van der Waals surface area contributed by atoms with Gasteiger partial charge in [0.2, 0.25) is 5.91 Å². The molecule has 1 unspecified atom stereocenters. The van der Waals surface area contributed by atoms with Crippen LogP contribution in [0.1, 0.15) is 6.92 Å². The van der Waals surface area contributed by atoms with Crippen molar-refractivity contribution >= 4 is 17.3 Å². The van der Waals surface area contributed by atoms with Crippen molar-refractivity contribution in [1.29, 1.82) is 0 Å². The summed E-state index contributed by atoms with van der Waals surface area (Å²) >= 11 is 0. The number of hydrogen-bond donors (Lipinski definition) is 3. The summed E-state index contributed by atoms with van der Waals surface area (Å²) in [5, 5.41) is 24.9. The molecule has 104 valence electrons. The van der Waals surface area contributed by atoms with Gasteiger partial charge in [-0.15, -0.1) is 0 Å². The van der Waals surface area contributed by atoms with Crippen LogP contribution in [0.25, 0.3) is 0 Å². The predicted molar refractivity (Wildman–Crippen MR) is 70.8 cm³/mol. The Kier molecular flexibility index (Phi) is 5.74. The summed E-state index contributed by atoms with van der Waals surface area (Å²) in [7, 11) is 0. The second-order valence-electron chi connectivity index (χ2n) is 4.22. The number of rotatable bonds is 7. The number of benzene rings is 1. The molecule has 3 N–H and O–H groups in total. The van der Waals surface area contributed by atoms with Gasteiger partial charge in [-0.1, -0.05) is 19.1 Å². The van der Waals surface area contributed by atoms with Crippen LogP contribution >= 0.6 is 0 Å². The molecule has 0 fully saturated rings. The molecule has 0 heterocycles. The number of nitro benzene ring substituents is 1. The second-order valence-corrected chi connectivity index (χ2v) is 4.22. The maximum atomic E-state index is 11.5. The van der Waals surface area contributed by atoms with Gasteiger partial charge >= 0.3 is 0 Å². The Morgan fingerprint density at radius 3 is 2.79 bits per heavy atom. The largest absolute Gasteiger partial charge is 0.396 e. The molecule has 0 saturated carbocycles. The van der Waals surface area contributed by atoms with Crippen LogP contribution in [0.4, 0.5) is 11.4 Å². The van der Waals surface area contributed by atoms with Gasteiger partial charge in [0.15, 0.2) is 0 Å². The van der Waals surface area contributed by atoms with Gasteiger partial charge < -0.3 is 15.7 Å². The van der Waals surface area contributed by atoms with Crippen LogP contribution < -0.4 is 10.6 Å². The molecule has 0 aliphatic rings. The number of anilines is 1. The van der Waals surface area contributed by atoms with Crippen LogP contribution in [0.3, 0.4) is 0 Å². The monoisotopic (exact) mass is 267 g/mol. The Morgan fingerprint density at radius 2 is 2.16 bits per heavy atom. The molecule has 1 aromatic carbocycles. The van der Waals surface area contributed by atoms with E-state index < -0.39 is 4.92 Å². The maximum Gasteiger partial charge on any atom is 0.292 e. The van der Waals surface area contributed by atoms with Crippen molar-refractivity contribution in [1.82, 2.24) is 5.32 Å². The molecule has 1 rings (SSSR count). The van der Waals surface area contributed by atoms with Crippen molar-refractivity contribution in [3.63, 3.8) is 0 Å². The first-order valence-corrected chi connectivity index (χ1v) is 5.89. The van der Waals surface area contributed by atoms with Crippen molar-refractivity contribution < 1.29 is 14.8 Å². The van der Waals surface area contributed by atoms with Gasteiger partial charge in [-0.2, -0.15) is 0 Å². The number of carbonyl (C=O) groups is 1. The van der Waals surface area contributed by atoms with Crippen molar-refractivity contribution in [3.05, 3.63) is 34.4 Å². The van der Waals surface area contributed by atoms with E-state index in [1.807, 2.05) is 0 Å². The molecule has 1 atom stereocenters. The number of nitrogens with one attached hydrogen (secondary N) is 2. The molecule has 0 aliphatic heterocycles. The van der Waals surface area contributed by atoms with Crippen LogP contribution in [0.2, 0.25) is 0 Å². The van der Waals surface area contributed by atoms with Crippen molar-refractivity contribution in [3.8, 4) is 0 Å². The number of nitrogens with zero attached hydrogens (tertiary/aromatic N) is 1. The highest BCUT2D eigenvalue weighted by Crippen LogP contribution is 2.22. The van der Waals surface area contributed by atoms with E-state index in [1.54, 1.807) is 25.1 Å². The summed E-state index contributed by atoms with van der Waals surface area (Å²) in [6.07, 6.45) is 0. The van der Waals surface area contributed by atoms with E-state index in [0.717, 1.165) is 0 Å². The fourth-order valence-electron chi connectivity index (χ4n) is 1.37. The molecular weight excluding hydrogens is 250 g/mol. The van der Waals surface area contributed by atoms with E-state index >= 15 is 0 Å². The van der Waals surface area contributed by atoms with E-state index in [2.05, 4.69) is 10.6 Å². The zero-order chi connectivity index (χ0) is 14.3. The fraction of sp³-hybridized carbons (Fsp3) is 0.417. The molecule has 7 heteroatoms. The first-order chi connectivity index (χ1) is 9.04. The van der Waals surface area contributed by atoms with Crippen LogP contribution in [0.15, 0.2) is 24.3 Å². The smallest absolute Gasteiger partial charge is 0.292 e. The number of hydrogen-bond acceptors (Lipinski definition) is 5. The highest BCUT2D eigenvalue weighted by Gasteiger charge is 2.13. The summed E-state index contributed by atoms with van der Waals surface area (Å²) in [6, 6.07) is 6.13. The molecule has 19 heavy (non-hydrogen) atoms. The van der Waals surface area contributed by atoms with E-state index in [9.17, 15) is 14.9 Å². The van der Waals surface area contributed by atoms with Crippen molar-refractivity contribution in [2.45, 2.75) is 6.92 Å². The van der Waals surface area contributed by atoms with Gasteiger partial charge in [-0.05, 0) is 12.0 Å². The number of carbonyl (C=O) groups excluding carboxylic acids is 1. The lowest BCUT2D eigenvalue weighted by Crippen LogP contribution is -2.34. The molecule has 0 aromatic heterocycles. The number of nitro groups is 1. The number of aliphatic hydroxyl groups is 1. The lowest BCUT2D eigenvalue weighted by molar-refractivity contribution is -0.383. The Labute approximate surface area is 110 Å². The Balaban J connectivity index is 2.48. The highest BCUT2D eigenvalue weighted by molar-refractivity contribution is 5.81. The number of amides is 1. The quantitative estimate of drug-likeness (QED) is 0.499. The zero-order valence-corrected chi connectivity index (χ0v) is 10.6. The first kappa shape index (κ1) is 14.9. The Bertz CT molecular complexity index is 450. The molecule has 0 saturated heterocycles. The Hall–Kier alpha value is -2.15. The Morgan fingerprint density at radius 1 is 1.47 bits per heavy atom. The third-order valence-corrected chi connectivity index (χ3v) is 2.50. The average molecular weight is 267 g/mol. The van der Waals surface area contributed by atoms with E-state index in [1.165, 1.54) is 6.07 Å². The average Bonchev–Trinajstić information content (AvgIpc) is 2.42. The summed E-state index contributed by atoms with van der Waals surface area (Å²) in [5.74, 6) is -0.298. The summed E-state index contributed by atoms with van der Waals surface area (Å²) in [5.41, 5.74) is 0.233. The lowest BCUT2D eigenvalue weighted by atomic mass is 10.2. The predicted octanol–water partition coefficient (Wildman–Crippen LogP) is 0.751. The van der Waals surface area contributed by atoms with Gasteiger partial charge in [0, 0.05) is 19.2 Å². The minimum absolute atomic E-state index is 0.00212. The van der Waals surface area contributed by atoms with Gasteiger partial charge in [-0.25, -0.2) is 0 Å². The second kappa shape index (κ2) is 7.32. The van der Waals surface area contributed by atoms with Gasteiger partial charge in [0.1, 0.15) is 5.69 Å². The third-order valence-electron chi connectivity index (χ3n) is 2.50. The van der Waals surface area contributed by atoms with Crippen LogP contribution in [-0.4, -0.2) is 35.6 Å². The van der Waals surface area contributed by atoms with Crippen LogP contribution in [0, 0.1) is 16.0 Å². The van der Waals surface area contributed by atoms with Crippen LogP contribution in [0.5, 0.6) is 0 Å². The lowest BCUT2D eigenvalue weighted by Gasteiger charge is -2.10. The fourth-order valence-corrected chi connectivity index (χ4v) is 1.37. The van der Waals surface area contributed by atoms with Gasteiger partial charge in [0.05, 0.1) is 11.5 Å². The summed E-state index contributed by atoms with van der Waals surface area (Å²) < 4.78 is 0. The zero-order valence-electron chi connectivity index (χ0n) is 10.6. The summed E-state index contributed by atoms with van der Waals surface area (Å²) in [6.45, 7) is 2.12. The van der Waals surface area contributed by atoms with E-state index in [-0.39, 0.29) is 30.7 Å². The minimum atomic E-state index is -0.506. The standard InChI is InChI=1S/C12H17N3O4/c1-9(8-16)6-14-12(17)7-13-10-4-2-3-5-11(10)15(18)19/h2-5,9,13,16H,6-8H2,1H3,(H,14,17). The molecule has 7 nitrogen and oxygen atoms in total. The molecule has 0 spiro atoms. The van der Waals surface area contributed by atoms with Crippen molar-refractivity contribution in [2.75, 3.05) is 25.0 Å². The topological polar surface area (TPSA) is 104 Å². The molecule has 1 amide bonds. The van der Waals surface area contributed by atoms with Crippen molar-refractivity contribution in [2.24, 2.45) is 5.92 Å². The minimum Gasteiger partial charge on any atom is -0.396 e. The maximum absolute atomic E-state index is 11.5. The SMILES string of the molecule is CC(CO)CNC(=O)CNc1ccccc1[N+](=O)[O-]. The highest BCUT2D eigenvalue weighted by atomic mass is 16.6. The van der Waals surface area contributed by atoms with Gasteiger partial charge in [-0.3, -0.25) is 14.9 Å². The van der Waals surface area contributed by atoms with E-state index in [0.29, 0.717) is 12.2 Å². The molecule has 0 aliphatic carbocycles. The molecular formula is C12H17N3O4. The molecule has 0 radical (unpaired) electrons. The third kappa shape index (κ3) is 4.92. The summed E-state index contributed by atoms with van der Waals surface area (Å²) in [4.78, 5) is 21.7. The molecule has 1 aromatic rings.